The van der Waals surface area contributed by atoms with Gasteiger partial charge in [0.1, 0.15) is 11.6 Å². The summed E-state index contributed by atoms with van der Waals surface area (Å²) >= 11 is 0. The van der Waals surface area contributed by atoms with Crippen LogP contribution in [0.15, 0.2) is 0 Å². The molecule has 0 saturated carbocycles. The van der Waals surface area contributed by atoms with Crippen molar-refractivity contribution in [3.8, 4) is 0 Å². The zero-order valence-electron chi connectivity index (χ0n) is 11.2. The van der Waals surface area contributed by atoms with Gasteiger partial charge >= 0.3 is 12.1 Å². The SMILES string of the molecule is COC(=O)C(CCS(=O)(=O)Cl)NC(=O)OC(C)(C)C. The number of carbonyl (C=O) groups is 2. The number of rotatable bonds is 5. The summed E-state index contributed by atoms with van der Waals surface area (Å²) in [6.45, 7) is 4.97. The fourth-order valence-corrected chi connectivity index (χ4v) is 1.88. The number of alkyl carbamates (subject to hydrolysis) is 1. The second-order valence-electron chi connectivity index (χ2n) is 4.75. The quantitative estimate of drug-likeness (QED) is 0.600. The van der Waals surface area contributed by atoms with Gasteiger partial charge in [0.05, 0.1) is 12.9 Å². The van der Waals surface area contributed by atoms with Gasteiger partial charge in [-0.05, 0) is 27.2 Å². The van der Waals surface area contributed by atoms with Crippen LogP contribution in [0, 0.1) is 0 Å². The maximum absolute atomic E-state index is 11.5. The molecule has 0 aromatic carbocycles. The van der Waals surface area contributed by atoms with E-state index in [-0.39, 0.29) is 6.42 Å². The molecule has 0 fully saturated rings. The summed E-state index contributed by atoms with van der Waals surface area (Å²) in [6.07, 6.45) is -1.03. The lowest BCUT2D eigenvalue weighted by Gasteiger charge is -2.22. The number of amides is 1. The van der Waals surface area contributed by atoms with Gasteiger partial charge in [-0.3, -0.25) is 0 Å². The lowest BCUT2D eigenvalue weighted by Crippen LogP contribution is -2.44. The first kappa shape index (κ1) is 18.0. The van der Waals surface area contributed by atoms with E-state index in [4.69, 9.17) is 15.4 Å². The van der Waals surface area contributed by atoms with Crippen LogP contribution >= 0.6 is 10.7 Å². The number of methoxy groups -OCH3 is 1. The highest BCUT2D eigenvalue weighted by Gasteiger charge is 2.26. The Bertz CT molecular complexity index is 428. The first-order valence-electron chi connectivity index (χ1n) is 5.44. The predicted octanol–water partition coefficient (Wildman–Crippen LogP) is 1.01. The predicted molar refractivity (Wildman–Crippen MR) is 69.4 cm³/mol. The Kier molecular flexibility index (Phi) is 6.58. The van der Waals surface area contributed by atoms with Gasteiger partial charge in [-0.15, -0.1) is 0 Å². The minimum absolute atomic E-state index is 0.197. The summed E-state index contributed by atoms with van der Waals surface area (Å²) in [5.41, 5.74) is -0.733. The highest BCUT2D eigenvalue weighted by molar-refractivity contribution is 8.13. The molecule has 0 aliphatic rings. The summed E-state index contributed by atoms with van der Waals surface area (Å²) in [5, 5.41) is 2.24. The molecule has 7 nitrogen and oxygen atoms in total. The molecule has 0 heterocycles. The fraction of sp³-hybridized carbons (Fsp3) is 0.800. The van der Waals surface area contributed by atoms with E-state index in [9.17, 15) is 18.0 Å². The standard InChI is InChI=1S/C10H18ClNO6S/c1-10(2,3)18-9(14)12-7(8(13)17-4)5-6-19(11,15)16/h7H,5-6H2,1-4H3,(H,12,14). The van der Waals surface area contributed by atoms with Crippen LogP contribution in [0.1, 0.15) is 27.2 Å². The molecule has 112 valence electrons. The van der Waals surface area contributed by atoms with Gasteiger partial charge < -0.3 is 14.8 Å². The second kappa shape index (κ2) is 6.95. The van der Waals surface area contributed by atoms with E-state index in [0.717, 1.165) is 7.11 Å². The van der Waals surface area contributed by atoms with Crippen molar-refractivity contribution in [1.29, 1.82) is 0 Å². The molecule has 1 N–H and O–H groups in total. The van der Waals surface area contributed by atoms with Crippen LogP contribution in [0.25, 0.3) is 0 Å². The number of esters is 1. The molecule has 0 spiro atoms. The molecule has 0 rings (SSSR count). The number of halogens is 1. The summed E-state index contributed by atoms with van der Waals surface area (Å²) in [6, 6.07) is -1.13. The Hall–Kier alpha value is -1.02. The zero-order chi connectivity index (χ0) is 15.3. The molecule has 0 radical (unpaired) electrons. The van der Waals surface area contributed by atoms with E-state index in [2.05, 4.69) is 10.1 Å². The van der Waals surface area contributed by atoms with Crippen molar-refractivity contribution < 1.29 is 27.5 Å². The first-order valence-corrected chi connectivity index (χ1v) is 7.92. The molecule has 0 aromatic rings. The van der Waals surface area contributed by atoms with Gasteiger partial charge in [0.2, 0.25) is 9.05 Å². The third-order valence-electron chi connectivity index (χ3n) is 1.83. The van der Waals surface area contributed by atoms with Crippen molar-refractivity contribution >= 4 is 31.8 Å². The van der Waals surface area contributed by atoms with E-state index >= 15 is 0 Å². The molecule has 0 aromatic heterocycles. The average molecular weight is 316 g/mol. The molecule has 19 heavy (non-hydrogen) atoms. The topological polar surface area (TPSA) is 98.8 Å². The van der Waals surface area contributed by atoms with Crippen molar-refractivity contribution in [3.63, 3.8) is 0 Å². The van der Waals surface area contributed by atoms with Crippen LogP contribution in [0.5, 0.6) is 0 Å². The second-order valence-corrected chi connectivity index (χ2v) is 7.65. The Labute approximate surface area is 117 Å². The molecule has 1 atom stereocenters. The number of hydrogen-bond acceptors (Lipinski definition) is 6. The van der Waals surface area contributed by atoms with Crippen LogP contribution in [0.4, 0.5) is 4.79 Å². The molecular weight excluding hydrogens is 298 g/mol. The first-order chi connectivity index (χ1) is 8.44. The Morgan fingerprint density at radius 1 is 1.32 bits per heavy atom. The van der Waals surface area contributed by atoms with Crippen molar-refractivity contribution in [1.82, 2.24) is 5.32 Å². The Morgan fingerprint density at radius 3 is 2.21 bits per heavy atom. The Morgan fingerprint density at radius 2 is 1.84 bits per heavy atom. The number of carbonyl (C=O) groups excluding carboxylic acids is 2. The number of hydrogen-bond donors (Lipinski definition) is 1. The molecule has 9 heteroatoms. The van der Waals surface area contributed by atoms with Gasteiger partial charge in [0.25, 0.3) is 0 Å². The zero-order valence-corrected chi connectivity index (χ0v) is 12.8. The lowest BCUT2D eigenvalue weighted by atomic mass is 10.2. The molecule has 0 saturated heterocycles. The van der Waals surface area contributed by atoms with Crippen LogP contribution in [-0.2, 0) is 23.3 Å². The molecule has 1 amide bonds. The van der Waals surface area contributed by atoms with E-state index in [0.29, 0.717) is 0 Å². The Balaban J connectivity index is 4.61. The van der Waals surface area contributed by atoms with Crippen molar-refractivity contribution in [2.45, 2.75) is 38.8 Å². The summed E-state index contributed by atoms with van der Waals surface area (Å²) in [4.78, 5) is 22.9. The summed E-state index contributed by atoms with van der Waals surface area (Å²) in [5.74, 6) is -1.24. The maximum Gasteiger partial charge on any atom is 0.408 e. The van der Waals surface area contributed by atoms with Gasteiger partial charge in [-0.2, -0.15) is 0 Å². The third-order valence-corrected chi connectivity index (χ3v) is 3.01. The molecule has 1 unspecified atom stereocenters. The maximum atomic E-state index is 11.5. The van der Waals surface area contributed by atoms with E-state index < -0.39 is 38.5 Å². The molecular formula is C10H18ClNO6S. The number of ether oxygens (including phenoxy) is 2. The average Bonchev–Trinajstić information content (AvgIpc) is 2.19. The van der Waals surface area contributed by atoms with Gasteiger partial charge in [-0.25, -0.2) is 18.0 Å². The van der Waals surface area contributed by atoms with Gasteiger partial charge in [0, 0.05) is 10.7 Å². The van der Waals surface area contributed by atoms with Crippen molar-refractivity contribution in [2.24, 2.45) is 0 Å². The van der Waals surface area contributed by atoms with Crippen LogP contribution in [0.2, 0.25) is 0 Å². The van der Waals surface area contributed by atoms with E-state index in [1.807, 2.05) is 0 Å². The summed E-state index contributed by atoms with van der Waals surface area (Å²) < 4.78 is 31.1. The summed E-state index contributed by atoms with van der Waals surface area (Å²) in [7, 11) is 2.41. The normalized spacial score (nSPS) is 13.5. The van der Waals surface area contributed by atoms with Gasteiger partial charge in [0.15, 0.2) is 0 Å². The largest absolute Gasteiger partial charge is 0.467 e. The number of nitrogens with one attached hydrogen (secondary N) is 1. The molecule has 0 aliphatic heterocycles. The van der Waals surface area contributed by atoms with Crippen LogP contribution < -0.4 is 5.32 Å². The van der Waals surface area contributed by atoms with Crippen LogP contribution in [-0.4, -0.2) is 45.0 Å². The minimum Gasteiger partial charge on any atom is -0.467 e. The van der Waals surface area contributed by atoms with Crippen molar-refractivity contribution in [3.05, 3.63) is 0 Å². The molecule has 0 bridgehead atoms. The minimum atomic E-state index is -3.76. The van der Waals surface area contributed by atoms with E-state index in [1.165, 1.54) is 0 Å². The lowest BCUT2D eigenvalue weighted by molar-refractivity contribution is -0.143. The smallest absolute Gasteiger partial charge is 0.408 e. The third kappa shape index (κ3) is 9.54. The monoisotopic (exact) mass is 315 g/mol. The molecule has 0 aliphatic carbocycles. The highest BCUT2D eigenvalue weighted by atomic mass is 35.7. The van der Waals surface area contributed by atoms with Crippen molar-refractivity contribution in [2.75, 3.05) is 12.9 Å². The fourth-order valence-electron chi connectivity index (χ4n) is 1.10. The van der Waals surface area contributed by atoms with E-state index in [1.54, 1.807) is 20.8 Å². The van der Waals surface area contributed by atoms with Gasteiger partial charge in [-0.1, -0.05) is 0 Å². The van der Waals surface area contributed by atoms with Crippen LogP contribution in [0.3, 0.4) is 0 Å². The highest BCUT2D eigenvalue weighted by Crippen LogP contribution is 2.08.